The molecule has 0 amide bonds. The lowest BCUT2D eigenvalue weighted by atomic mass is 10.3. The van der Waals surface area contributed by atoms with Crippen LogP contribution < -0.4 is 0 Å². The summed E-state index contributed by atoms with van der Waals surface area (Å²) in [7, 11) is 0. The van der Waals surface area contributed by atoms with Crippen LogP contribution in [0.3, 0.4) is 0 Å². The van der Waals surface area contributed by atoms with E-state index in [2.05, 4.69) is 16.0 Å². The lowest BCUT2D eigenvalue weighted by Crippen LogP contribution is -2.20. The predicted octanol–water partition coefficient (Wildman–Crippen LogP) is 2.16. The van der Waals surface area contributed by atoms with Crippen LogP contribution in [0.25, 0.3) is 0 Å². The maximum Gasteiger partial charge on any atom is 0.385 e. The molecule has 6 heteroatoms. The summed E-state index contributed by atoms with van der Waals surface area (Å²) in [6.07, 6.45) is 1.26. The predicted molar refractivity (Wildman–Crippen MR) is 37.2 cm³/mol. The zero-order valence-corrected chi connectivity index (χ0v) is 6.62. The van der Waals surface area contributed by atoms with E-state index < -0.39 is 11.2 Å². The number of nitrogens with zero attached hydrogens (tertiary/aromatic N) is 1. The quantitative estimate of drug-likeness (QED) is 0.537. The summed E-state index contributed by atoms with van der Waals surface area (Å²) in [5.41, 5.74) is 0. The number of Topliss-reactive ketones (excluding diaryl/α,β-unsaturated/α-hetero) is 1. The number of carbonyl (C=O) groups excluding carboxylic acids is 1. The fourth-order valence-corrected chi connectivity index (χ4v) is 1.20. The lowest BCUT2D eigenvalue weighted by Gasteiger charge is -2.01. The molecular formula is C5H2ClF2NOS. The van der Waals surface area contributed by atoms with Gasteiger partial charge in [0.15, 0.2) is 0 Å². The van der Waals surface area contributed by atoms with Crippen molar-refractivity contribution in [2.45, 2.75) is 5.38 Å². The van der Waals surface area contributed by atoms with Crippen molar-refractivity contribution in [2.24, 2.45) is 0 Å². The Hall–Kier alpha value is -0.550. The first-order chi connectivity index (χ1) is 5.02. The van der Waals surface area contributed by atoms with Crippen LogP contribution in [0.5, 0.6) is 0 Å². The van der Waals surface area contributed by atoms with Crippen molar-refractivity contribution < 1.29 is 13.6 Å². The van der Waals surface area contributed by atoms with Crippen LogP contribution >= 0.6 is 23.1 Å². The van der Waals surface area contributed by atoms with E-state index in [1.165, 1.54) is 12.3 Å². The molecule has 0 atom stereocenters. The van der Waals surface area contributed by atoms with Crippen LogP contribution in [0.1, 0.15) is 9.67 Å². The Bertz CT molecular complexity index is 256. The van der Waals surface area contributed by atoms with Gasteiger partial charge < -0.3 is 0 Å². The number of hydrogen-bond donors (Lipinski definition) is 0. The second-order valence-corrected chi connectivity index (χ2v) is 3.01. The summed E-state index contributed by atoms with van der Waals surface area (Å²) >= 11 is 5.16. The summed E-state index contributed by atoms with van der Waals surface area (Å²) in [6, 6.07) is 1.20. The number of halogens is 3. The van der Waals surface area contributed by atoms with Gasteiger partial charge in [0, 0.05) is 6.20 Å². The number of rotatable bonds is 2. The molecular weight excluding hydrogens is 196 g/mol. The third kappa shape index (κ3) is 1.94. The maximum absolute atomic E-state index is 12.1. The second kappa shape index (κ2) is 2.83. The molecule has 0 aromatic carbocycles. The van der Waals surface area contributed by atoms with Crippen molar-refractivity contribution in [2.75, 3.05) is 0 Å². The van der Waals surface area contributed by atoms with Crippen LogP contribution in [0.2, 0.25) is 0 Å². The van der Waals surface area contributed by atoms with E-state index in [1.54, 1.807) is 0 Å². The van der Waals surface area contributed by atoms with Gasteiger partial charge >= 0.3 is 5.38 Å². The van der Waals surface area contributed by atoms with Gasteiger partial charge in [-0.1, -0.05) is 0 Å². The Balaban J connectivity index is 2.88. The molecule has 0 spiro atoms. The number of carbonyl (C=O) groups is 1. The summed E-state index contributed by atoms with van der Waals surface area (Å²) in [5.74, 6) is -1.40. The SMILES string of the molecule is O=C(c1ccns1)C(F)(F)Cl. The van der Waals surface area contributed by atoms with E-state index >= 15 is 0 Å². The molecule has 0 aliphatic rings. The molecule has 0 saturated heterocycles. The first kappa shape index (κ1) is 8.55. The van der Waals surface area contributed by atoms with E-state index in [9.17, 15) is 13.6 Å². The highest BCUT2D eigenvalue weighted by Crippen LogP contribution is 2.25. The largest absolute Gasteiger partial charge is 0.385 e. The van der Waals surface area contributed by atoms with Crippen molar-refractivity contribution in [1.82, 2.24) is 4.37 Å². The molecule has 0 bridgehead atoms. The Kier molecular flexibility index (Phi) is 2.20. The van der Waals surface area contributed by atoms with Crippen LogP contribution in [-0.4, -0.2) is 15.5 Å². The van der Waals surface area contributed by atoms with E-state index in [0.29, 0.717) is 11.5 Å². The van der Waals surface area contributed by atoms with E-state index in [4.69, 9.17) is 0 Å². The van der Waals surface area contributed by atoms with Crippen molar-refractivity contribution in [1.29, 1.82) is 0 Å². The molecule has 0 unspecified atom stereocenters. The van der Waals surface area contributed by atoms with Crippen LogP contribution in [0, 0.1) is 0 Å². The minimum Gasteiger partial charge on any atom is -0.285 e. The molecule has 1 aromatic heterocycles. The Labute approximate surface area is 70.0 Å². The average molecular weight is 198 g/mol. The highest BCUT2D eigenvalue weighted by molar-refractivity contribution is 7.08. The number of hydrogen-bond acceptors (Lipinski definition) is 3. The molecule has 0 aliphatic heterocycles. The Morgan fingerprint density at radius 3 is 2.73 bits per heavy atom. The standard InChI is InChI=1S/C5H2ClF2NOS/c6-5(7,8)4(10)3-1-2-9-11-3/h1-2H. The van der Waals surface area contributed by atoms with E-state index in [0.717, 1.165) is 0 Å². The fourth-order valence-electron chi connectivity index (χ4n) is 0.473. The van der Waals surface area contributed by atoms with Crippen LogP contribution in [0.4, 0.5) is 8.78 Å². The van der Waals surface area contributed by atoms with Gasteiger partial charge in [-0.05, 0) is 29.2 Å². The Morgan fingerprint density at radius 2 is 2.36 bits per heavy atom. The van der Waals surface area contributed by atoms with Gasteiger partial charge in [-0.2, -0.15) is 8.78 Å². The topological polar surface area (TPSA) is 30.0 Å². The van der Waals surface area contributed by atoms with Crippen LogP contribution in [0.15, 0.2) is 12.3 Å². The number of alkyl halides is 3. The van der Waals surface area contributed by atoms with Gasteiger partial charge in [0.25, 0.3) is 5.78 Å². The second-order valence-electron chi connectivity index (χ2n) is 1.70. The van der Waals surface area contributed by atoms with Crippen molar-refractivity contribution >= 4 is 28.9 Å². The summed E-state index contributed by atoms with van der Waals surface area (Å²) in [4.78, 5) is 10.5. The van der Waals surface area contributed by atoms with Gasteiger partial charge in [0.05, 0.1) is 4.88 Å². The first-order valence-electron chi connectivity index (χ1n) is 2.54. The molecule has 60 valence electrons. The van der Waals surface area contributed by atoms with Crippen molar-refractivity contribution in [3.8, 4) is 0 Å². The first-order valence-corrected chi connectivity index (χ1v) is 3.69. The third-order valence-corrected chi connectivity index (χ3v) is 1.84. The third-order valence-electron chi connectivity index (χ3n) is 0.919. The van der Waals surface area contributed by atoms with Gasteiger partial charge in [-0.3, -0.25) is 4.79 Å². The number of ketones is 1. The van der Waals surface area contributed by atoms with Gasteiger partial charge in [0.1, 0.15) is 0 Å². The maximum atomic E-state index is 12.1. The molecule has 0 N–H and O–H groups in total. The molecule has 1 heterocycles. The number of aromatic nitrogens is 1. The minimum atomic E-state index is -3.81. The monoisotopic (exact) mass is 197 g/mol. The molecule has 0 aliphatic carbocycles. The van der Waals surface area contributed by atoms with E-state index in [1.807, 2.05) is 0 Å². The van der Waals surface area contributed by atoms with Crippen molar-refractivity contribution in [3.05, 3.63) is 17.1 Å². The van der Waals surface area contributed by atoms with E-state index in [-0.39, 0.29) is 4.88 Å². The molecule has 2 nitrogen and oxygen atoms in total. The molecule has 11 heavy (non-hydrogen) atoms. The van der Waals surface area contributed by atoms with Crippen LogP contribution in [-0.2, 0) is 0 Å². The zero-order chi connectivity index (χ0) is 8.48. The molecule has 0 saturated carbocycles. The Morgan fingerprint density at radius 1 is 1.73 bits per heavy atom. The zero-order valence-electron chi connectivity index (χ0n) is 5.05. The average Bonchev–Trinajstić information content (AvgIpc) is 2.34. The smallest absolute Gasteiger partial charge is 0.285 e. The molecule has 0 radical (unpaired) electrons. The van der Waals surface area contributed by atoms with Gasteiger partial charge in [-0.15, -0.1) is 0 Å². The summed E-state index contributed by atoms with van der Waals surface area (Å²) in [6.45, 7) is 0. The minimum absolute atomic E-state index is 0.134. The molecule has 1 aromatic rings. The van der Waals surface area contributed by atoms with Gasteiger partial charge in [0.2, 0.25) is 0 Å². The summed E-state index contributed by atoms with van der Waals surface area (Å²) in [5, 5.41) is -3.81. The molecule has 1 rings (SSSR count). The fraction of sp³-hybridized carbons (Fsp3) is 0.200. The summed E-state index contributed by atoms with van der Waals surface area (Å²) < 4.78 is 27.6. The van der Waals surface area contributed by atoms with Gasteiger partial charge in [-0.25, -0.2) is 4.37 Å². The lowest BCUT2D eigenvalue weighted by molar-refractivity contribution is 0.0541. The highest BCUT2D eigenvalue weighted by atomic mass is 35.5. The highest BCUT2D eigenvalue weighted by Gasteiger charge is 2.37. The van der Waals surface area contributed by atoms with Crippen molar-refractivity contribution in [3.63, 3.8) is 0 Å². The molecule has 0 fully saturated rings. The normalized spacial score (nSPS) is 11.5.